The lowest BCUT2D eigenvalue weighted by Crippen LogP contribution is -2.47. The number of aromatic nitrogens is 2. The molecule has 6 nitrogen and oxygen atoms in total. The molecule has 1 N–H and O–H groups in total. The zero-order chi connectivity index (χ0) is 15.5. The van der Waals surface area contributed by atoms with Crippen LogP contribution >= 0.6 is 0 Å². The highest BCUT2D eigenvalue weighted by Crippen LogP contribution is 2.35. The second-order valence-electron chi connectivity index (χ2n) is 5.85. The summed E-state index contributed by atoms with van der Waals surface area (Å²) in [5, 5.41) is 9.54. The Hall–Kier alpha value is -1.85. The lowest BCUT2D eigenvalue weighted by atomic mass is 9.77. The van der Waals surface area contributed by atoms with Gasteiger partial charge in [0, 0.05) is 19.2 Å². The van der Waals surface area contributed by atoms with E-state index in [1.165, 1.54) is 6.33 Å². The fourth-order valence-corrected chi connectivity index (χ4v) is 2.75. The van der Waals surface area contributed by atoms with Gasteiger partial charge < -0.3 is 14.7 Å². The number of carboxylic acids is 1. The molecule has 1 aromatic heterocycles. The van der Waals surface area contributed by atoms with Gasteiger partial charge in [-0.05, 0) is 33.1 Å². The van der Waals surface area contributed by atoms with Gasteiger partial charge in [-0.25, -0.2) is 9.97 Å². The van der Waals surface area contributed by atoms with Crippen molar-refractivity contribution in [3.05, 3.63) is 12.4 Å². The third-order valence-corrected chi connectivity index (χ3v) is 4.02. The molecular formula is C15H23N3O3. The number of aliphatic carboxylic acids is 1. The van der Waals surface area contributed by atoms with E-state index in [9.17, 15) is 9.90 Å². The largest absolute Gasteiger partial charge is 0.481 e. The quantitative estimate of drug-likeness (QED) is 0.898. The summed E-state index contributed by atoms with van der Waals surface area (Å²) < 4.78 is 5.58. The molecule has 0 aromatic carbocycles. The summed E-state index contributed by atoms with van der Waals surface area (Å²) in [6.45, 7) is 7.11. The van der Waals surface area contributed by atoms with Crippen LogP contribution in [-0.2, 0) is 4.79 Å². The Morgan fingerprint density at radius 1 is 1.52 bits per heavy atom. The number of ether oxygens (including phenoxy) is 1. The summed E-state index contributed by atoms with van der Waals surface area (Å²) in [5.41, 5.74) is -0.678. The third-order valence-electron chi connectivity index (χ3n) is 4.02. The molecule has 0 radical (unpaired) electrons. The van der Waals surface area contributed by atoms with Crippen LogP contribution in [0.5, 0.6) is 5.88 Å². The van der Waals surface area contributed by atoms with E-state index in [2.05, 4.69) is 9.97 Å². The molecule has 116 valence electrons. The lowest BCUT2D eigenvalue weighted by molar-refractivity contribution is -0.149. The van der Waals surface area contributed by atoms with Crippen LogP contribution in [0.25, 0.3) is 0 Å². The second kappa shape index (κ2) is 6.28. The van der Waals surface area contributed by atoms with Crippen molar-refractivity contribution in [2.75, 3.05) is 18.0 Å². The van der Waals surface area contributed by atoms with Crippen molar-refractivity contribution in [2.24, 2.45) is 5.41 Å². The normalized spacial score (nSPS) is 22.4. The van der Waals surface area contributed by atoms with Crippen molar-refractivity contribution in [3.63, 3.8) is 0 Å². The molecule has 1 aliphatic rings. The summed E-state index contributed by atoms with van der Waals surface area (Å²) in [6, 6.07) is 1.79. The van der Waals surface area contributed by atoms with Crippen molar-refractivity contribution in [1.82, 2.24) is 9.97 Å². The van der Waals surface area contributed by atoms with Crippen LogP contribution < -0.4 is 9.64 Å². The molecule has 2 rings (SSSR count). The lowest BCUT2D eigenvalue weighted by Gasteiger charge is -2.40. The molecule has 1 saturated heterocycles. The molecule has 0 aliphatic carbocycles. The van der Waals surface area contributed by atoms with E-state index in [-0.39, 0.29) is 6.10 Å². The average molecular weight is 293 g/mol. The Labute approximate surface area is 125 Å². The standard InChI is InChI=1S/C15H23N3O3/c1-4-15(14(19)20)6-5-7-18(9-15)12-8-13(17-10-16-12)21-11(2)3/h8,10-11H,4-7,9H2,1-3H3,(H,19,20). The average Bonchev–Trinajstić information content (AvgIpc) is 2.46. The van der Waals surface area contributed by atoms with Gasteiger partial charge in [0.2, 0.25) is 5.88 Å². The molecule has 0 spiro atoms. The monoisotopic (exact) mass is 293 g/mol. The van der Waals surface area contributed by atoms with Crippen LogP contribution in [0, 0.1) is 5.41 Å². The number of rotatable bonds is 5. The maximum absolute atomic E-state index is 11.6. The van der Waals surface area contributed by atoms with E-state index in [4.69, 9.17) is 4.74 Å². The van der Waals surface area contributed by atoms with Crippen molar-refractivity contribution < 1.29 is 14.6 Å². The molecule has 0 saturated carbocycles. The smallest absolute Gasteiger partial charge is 0.311 e. The molecule has 1 fully saturated rings. The number of piperidine rings is 1. The van der Waals surface area contributed by atoms with Gasteiger partial charge in [-0.1, -0.05) is 6.92 Å². The molecule has 21 heavy (non-hydrogen) atoms. The molecule has 2 heterocycles. The Morgan fingerprint density at radius 2 is 2.29 bits per heavy atom. The van der Waals surface area contributed by atoms with Crippen molar-refractivity contribution in [3.8, 4) is 5.88 Å². The van der Waals surface area contributed by atoms with E-state index < -0.39 is 11.4 Å². The minimum atomic E-state index is -0.720. The molecule has 1 atom stereocenters. The van der Waals surface area contributed by atoms with Crippen LogP contribution in [0.4, 0.5) is 5.82 Å². The van der Waals surface area contributed by atoms with Gasteiger partial charge in [0.05, 0.1) is 11.5 Å². The van der Waals surface area contributed by atoms with Gasteiger partial charge in [0.15, 0.2) is 0 Å². The molecular weight excluding hydrogens is 270 g/mol. The zero-order valence-electron chi connectivity index (χ0n) is 12.9. The summed E-state index contributed by atoms with van der Waals surface area (Å²) in [6.07, 6.45) is 3.71. The minimum Gasteiger partial charge on any atom is -0.481 e. The SMILES string of the molecule is CCC1(C(=O)O)CCCN(c2cc(OC(C)C)ncn2)C1. The van der Waals surface area contributed by atoms with Crippen molar-refractivity contribution >= 4 is 11.8 Å². The van der Waals surface area contributed by atoms with Crippen molar-refractivity contribution in [1.29, 1.82) is 0 Å². The van der Waals surface area contributed by atoms with Gasteiger partial charge in [-0.15, -0.1) is 0 Å². The summed E-state index contributed by atoms with van der Waals surface area (Å²) in [5.74, 6) is 0.542. The van der Waals surface area contributed by atoms with Crippen LogP contribution in [0.1, 0.15) is 40.0 Å². The molecule has 0 amide bonds. The van der Waals surface area contributed by atoms with Crippen LogP contribution in [0.15, 0.2) is 12.4 Å². The Bertz CT molecular complexity index is 507. The summed E-state index contributed by atoms with van der Waals surface area (Å²) >= 11 is 0. The van der Waals surface area contributed by atoms with E-state index >= 15 is 0 Å². The fourth-order valence-electron chi connectivity index (χ4n) is 2.75. The van der Waals surface area contributed by atoms with Crippen molar-refractivity contribution in [2.45, 2.75) is 46.1 Å². The van der Waals surface area contributed by atoms with E-state index in [1.54, 1.807) is 6.07 Å². The van der Waals surface area contributed by atoms with Gasteiger partial charge in [-0.3, -0.25) is 4.79 Å². The number of hydrogen-bond acceptors (Lipinski definition) is 5. The topological polar surface area (TPSA) is 75.5 Å². The van der Waals surface area contributed by atoms with Crippen LogP contribution in [0.3, 0.4) is 0 Å². The first-order valence-corrected chi connectivity index (χ1v) is 7.44. The predicted molar refractivity (Wildman–Crippen MR) is 79.6 cm³/mol. The van der Waals surface area contributed by atoms with E-state index in [0.29, 0.717) is 18.8 Å². The highest BCUT2D eigenvalue weighted by atomic mass is 16.5. The zero-order valence-corrected chi connectivity index (χ0v) is 12.9. The number of carbonyl (C=O) groups is 1. The van der Waals surface area contributed by atoms with Gasteiger partial charge in [0.25, 0.3) is 0 Å². The first-order valence-electron chi connectivity index (χ1n) is 7.44. The maximum atomic E-state index is 11.6. The predicted octanol–water partition coefficient (Wildman–Crippen LogP) is 2.35. The summed E-state index contributed by atoms with van der Waals surface area (Å²) in [7, 11) is 0. The van der Waals surface area contributed by atoms with Gasteiger partial charge in [-0.2, -0.15) is 0 Å². The first-order chi connectivity index (χ1) is 9.97. The summed E-state index contributed by atoms with van der Waals surface area (Å²) in [4.78, 5) is 22.0. The number of anilines is 1. The molecule has 1 aliphatic heterocycles. The van der Waals surface area contributed by atoms with Gasteiger partial charge >= 0.3 is 5.97 Å². The molecule has 6 heteroatoms. The highest BCUT2D eigenvalue weighted by Gasteiger charge is 2.41. The fraction of sp³-hybridized carbons (Fsp3) is 0.667. The molecule has 1 unspecified atom stereocenters. The highest BCUT2D eigenvalue weighted by molar-refractivity contribution is 5.76. The molecule has 0 bridgehead atoms. The molecule has 1 aromatic rings. The first kappa shape index (κ1) is 15.5. The van der Waals surface area contributed by atoms with E-state index in [1.807, 2.05) is 25.7 Å². The number of hydrogen-bond donors (Lipinski definition) is 1. The number of nitrogens with zero attached hydrogens (tertiary/aromatic N) is 3. The second-order valence-corrected chi connectivity index (χ2v) is 5.85. The number of carboxylic acid groups (broad SMARTS) is 1. The minimum absolute atomic E-state index is 0.0443. The van der Waals surface area contributed by atoms with Crippen LogP contribution in [0.2, 0.25) is 0 Å². The Kier molecular flexibility index (Phi) is 4.65. The maximum Gasteiger partial charge on any atom is 0.311 e. The third kappa shape index (κ3) is 3.43. The Balaban J connectivity index is 2.19. The van der Waals surface area contributed by atoms with Gasteiger partial charge in [0.1, 0.15) is 12.1 Å². The van der Waals surface area contributed by atoms with E-state index in [0.717, 1.165) is 25.2 Å². The van der Waals surface area contributed by atoms with Crippen LogP contribution in [-0.4, -0.2) is 40.2 Å². The Morgan fingerprint density at radius 3 is 2.90 bits per heavy atom.